The van der Waals surface area contributed by atoms with Crippen molar-refractivity contribution in [3.05, 3.63) is 23.8 Å². The Morgan fingerprint density at radius 2 is 1.73 bits per heavy atom. The summed E-state index contributed by atoms with van der Waals surface area (Å²) in [4.78, 5) is 2.41. The largest absolute Gasteiger partial charge is 0.385 e. The third kappa shape index (κ3) is 6.11. The van der Waals surface area contributed by atoms with Gasteiger partial charge in [-0.1, -0.05) is 0 Å². The molecule has 1 aliphatic carbocycles. The average molecular weight is 438 g/mol. The summed E-state index contributed by atoms with van der Waals surface area (Å²) in [6.07, 6.45) is 4.46. The van der Waals surface area contributed by atoms with Crippen molar-refractivity contribution in [2.75, 3.05) is 29.9 Å². The molecule has 0 radical (unpaired) electrons. The normalized spacial score (nSPS) is 28.0. The lowest BCUT2D eigenvalue weighted by atomic mass is 9.86. The molecule has 1 heterocycles. The Balaban J connectivity index is 1.49. The molecule has 0 bridgehead atoms. The summed E-state index contributed by atoms with van der Waals surface area (Å²) in [5, 5.41) is 3.26. The van der Waals surface area contributed by atoms with Gasteiger partial charge in [-0.05, 0) is 90.0 Å². The lowest BCUT2D eigenvalue weighted by Gasteiger charge is -2.37. The summed E-state index contributed by atoms with van der Waals surface area (Å²) in [6.45, 7) is 12.7. The zero-order valence-corrected chi connectivity index (χ0v) is 20.0. The van der Waals surface area contributed by atoms with E-state index in [-0.39, 0.29) is 23.5 Å². The first-order valence-electron chi connectivity index (χ1n) is 11.4. The van der Waals surface area contributed by atoms with Crippen molar-refractivity contribution in [2.45, 2.75) is 83.8 Å². The smallest absolute Gasteiger partial charge is 0.214 e. The van der Waals surface area contributed by atoms with Crippen LogP contribution in [0.5, 0.6) is 0 Å². The molecule has 1 saturated heterocycles. The SMILES string of the molecule is Cc1cc(N2C[C@@H](C)O[C@@H](C)C2)ccc1NCC1CCC(NS(=O)(=O)C(C)C)CC1. The van der Waals surface area contributed by atoms with Gasteiger partial charge in [-0.2, -0.15) is 0 Å². The van der Waals surface area contributed by atoms with E-state index in [1.807, 2.05) is 0 Å². The molecule has 7 heteroatoms. The van der Waals surface area contributed by atoms with E-state index in [9.17, 15) is 8.42 Å². The highest BCUT2D eigenvalue weighted by atomic mass is 32.2. The molecule has 0 amide bonds. The highest BCUT2D eigenvalue weighted by Gasteiger charge is 2.26. The number of aryl methyl sites for hydroxylation is 1. The van der Waals surface area contributed by atoms with Crippen molar-refractivity contribution in [1.82, 2.24) is 4.72 Å². The molecular weight excluding hydrogens is 398 g/mol. The maximum Gasteiger partial charge on any atom is 0.214 e. The van der Waals surface area contributed by atoms with Crippen LogP contribution in [0.4, 0.5) is 11.4 Å². The molecule has 0 aromatic heterocycles. The molecule has 1 aliphatic heterocycles. The number of anilines is 2. The van der Waals surface area contributed by atoms with Gasteiger partial charge in [-0.3, -0.25) is 0 Å². The van der Waals surface area contributed by atoms with Crippen LogP contribution < -0.4 is 14.9 Å². The molecule has 2 aliphatic rings. The maximum atomic E-state index is 12.1. The number of ether oxygens (including phenoxy) is 1. The zero-order valence-electron chi connectivity index (χ0n) is 19.1. The lowest BCUT2D eigenvalue weighted by molar-refractivity contribution is -0.00522. The number of hydrogen-bond acceptors (Lipinski definition) is 5. The minimum absolute atomic E-state index is 0.0907. The van der Waals surface area contributed by atoms with E-state index in [4.69, 9.17) is 4.74 Å². The van der Waals surface area contributed by atoms with Gasteiger partial charge in [0.05, 0.1) is 17.5 Å². The van der Waals surface area contributed by atoms with Crippen molar-refractivity contribution in [2.24, 2.45) is 5.92 Å². The topological polar surface area (TPSA) is 70.7 Å². The van der Waals surface area contributed by atoms with E-state index in [0.717, 1.165) is 45.3 Å². The Labute approximate surface area is 182 Å². The first-order chi connectivity index (χ1) is 14.1. The number of nitrogens with one attached hydrogen (secondary N) is 2. The summed E-state index contributed by atoms with van der Waals surface area (Å²) in [5.74, 6) is 0.588. The number of morpholine rings is 1. The Kier molecular flexibility index (Phi) is 7.69. The van der Waals surface area contributed by atoms with Gasteiger partial charge in [-0.25, -0.2) is 13.1 Å². The second kappa shape index (κ2) is 9.88. The first kappa shape index (κ1) is 23.4. The quantitative estimate of drug-likeness (QED) is 0.677. The van der Waals surface area contributed by atoms with Crippen molar-refractivity contribution in [1.29, 1.82) is 0 Å². The molecule has 2 atom stereocenters. The predicted octanol–water partition coefficient (Wildman–Crippen LogP) is 3.91. The molecule has 2 N–H and O–H groups in total. The fraction of sp³-hybridized carbons (Fsp3) is 0.739. The van der Waals surface area contributed by atoms with Gasteiger partial charge in [0.15, 0.2) is 0 Å². The van der Waals surface area contributed by atoms with Gasteiger partial charge in [0, 0.05) is 37.1 Å². The van der Waals surface area contributed by atoms with Crippen molar-refractivity contribution < 1.29 is 13.2 Å². The maximum absolute atomic E-state index is 12.1. The van der Waals surface area contributed by atoms with Gasteiger partial charge in [-0.15, -0.1) is 0 Å². The second-order valence-electron chi connectivity index (χ2n) is 9.47. The average Bonchev–Trinajstić information content (AvgIpc) is 2.67. The van der Waals surface area contributed by atoms with Crippen molar-refractivity contribution in [3.8, 4) is 0 Å². The number of sulfonamides is 1. The van der Waals surface area contributed by atoms with E-state index < -0.39 is 10.0 Å². The van der Waals surface area contributed by atoms with Crippen LogP contribution in [0.2, 0.25) is 0 Å². The van der Waals surface area contributed by atoms with E-state index >= 15 is 0 Å². The fourth-order valence-corrected chi connectivity index (χ4v) is 5.51. The summed E-state index contributed by atoms with van der Waals surface area (Å²) < 4.78 is 32.9. The highest BCUT2D eigenvalue weighted by molar-refractivity contribution is 7.90. The fourth-order valence-electron chi connectivity index (χ4n) is 4.54. The molecule has 30 heavy (non-hydrogen) atoms. The molecule has 1 aromatic carbocycles. The number of rotatable bonds is 7. The van der Waals surface area contributed by atoms with Gasteiger partial charge in [0.25, 0.3) is 0 Å². The molecule has 0 unspecified atom stereocenters. The number of nitrogens with zero attached hydrogens (tertiary/aromatic N) is 1. The molecule has 2 fully saturated rings. The monoisotopic (exact) mass is 437 g/mol. The number of benzene rings is 1. The van der Waals surface area contributed by atoms with Crippen LogP contribution in [0.25, 0.3) is 0 Å². The summed E-state index contributed by atoms with van der Waals surface area (Å²) in [5.41, 5.74) is 3.71. The minimum atomic E-state index is -3.17. The Hall–Kier alpha value is -1.31. The predicted molar refractivity (Wildman–Crippen MR) is 125 cm³/mol. The van der Waals surface area contributed by atoms with Gasteiger partial charge in [0.1, 0.15) is 0 Å². The van der Waals surface area contributed by atoms with Crippen LogP contribution in [0.3, 0.4) is 0 Å². The standard InChI is InChI=1S/C23H39N3O3S/c1-16(2)30(27,28)25-21-8-6-20(7-9-21)13-24-23-11-10-22(12-17(23)3)26-14-18(4)29-19(5)15-26/h10-12,16,18-21,24-25H,6-9,13-15H2,1-5H3/t18-,19+,20?,21?. The summed E-state index contributed by atoms with van der Waals surface area (Å²) in [6, 6.07) is 6.76. The molecule has 0 spiro atoms. The molecule has 170 valence electrons. The van der Waals surface area contributed by atoms with E-state index in [1.54, 1.807) is 13.8 Å². The van der Waals surface area contributed by atoms with Gasteiger partial charge < -0.3 is 15.0 Å². The van der Waals surface area contributed by atoms with Crippen LogP contribution in [0, 0.1) is 12.8 Å². The van der Waals surface area contributed by atoms with Gasteiger partial charge in [0.2, 0.25) is 10.0 Å². The Morgan fingerprint density at radius 3 is 2.30 bits per heavy atom. The van der Waals surface area contributed by atoms with E-state index in [0.29, 0.717) is 5.92 Å². The Morgan fingerprint density at radius 1 is 1.10 bits per heavy atom. The van der Waals surface area contributed by atoms with E-state index in [2.05, 4.69) is 53.9 Å². The lowest BCUT2D eigenvalue weighted by Crippen LogP contribution is -2.45. The highest BCUT2D eigenvalue weighted by Crippen LogP contribution is 2.28. The van der Waals surface area contributed by atoms with Crippen molar-refractivity contribution in [3.63, 3.8) is 0 Å². The minimum Gasteiger partial charge on any atom is -0.385 e. The first-order valence-corrected chi connectivity index (χ1v) is 12.9. The summed E-state index contributed by atoms with van der Waals surface area (Å²) in [7, 11) is -3.17. The third-order valence-electron chi connectivity index (χ3n) is 6.37. The van der Waals surface area contributed by atoms with Crippen LogP contribution in [-0.4, -0.2) is 51.6 Å². The molecule has 6 nitrogen and oxygen atoms in total. The second-order valence-corrected chi connectivity index (χ2v) is 11.7. The van der Waals surface area contributed by atoms with Crippen LogP contribution in [-0.2, 0) is 14.8 Å². The van der Waals surface area contributed by atoms with Gasteiger partial charge >= 0.3 is 0 Å². The Bertz CT molecular complexity index is 794. The summed E-state index contributed by atoms with van der Waals surface area (Å²) >= 11 is 0. The van der Waals surface area contributed by atoms with Crippen LogP contribution >= 0.6 is 0 Å². The number of hydrogen-bond donors (Lipinski definition) is 2. The van der Waals surface area contributed by atoms with Crippen LogP contribution in [0.1, 0.15) is 58.9 Å². The van der Waals surface area contributed by atoms with Crippen molar-refractivity contribution >= 4 is 21.4 Å². The zero-order chi connectivity index (χ0) is 21.9. The van der Waals surface area contributed by atoms with Crippen LogP contribution in [0.15, 0.2) is 18.2 Å². The molecule has 3 rings (SSSR count). The molecular formula is C23H39N3O3S. The molecule has 1 aromatic rings. The third-order valence-corrected chi connectivity index (χ3v) is 8.28. The molecule has 1 saturated carbocycles. The van der Waals surface area contributed by atoms with E-state index in [1.165, 1.54) is 16.9 Å².